The zero-order valence-electron chi connectivity index (χ0n) is 10.5. The highest BCUT2D eigenvalue weighted by atomic mass is 35.5. The number of halogens is 2. The summed E-state index contributed by atoms with van der Waals surface area (Å²) in [6.45, 7) is 1.36. The van der Waals surface area contributed by atoms with Crippen LogP contribution in [0.25, 0.3) is 11.0 Å². The van der Waals surface area contributed by atoms with Crippen molar-refractivity contribution < 1.29 is 4.39 Å². The first kappa shape index (κ1) is 12.9. The molecule has 1 aromatic carbocycles. The number of benzene rings is 1. The molecule has 0 spiro atoms. The van der Waals surface area contributed by atoms with Crippen molar-refractivity contribution in [3.63, 3.8) is 0 Å². The Labute approximate surface area is 119 Å². The maximum Gasteiger partial charge on any atom is 0.201 e. The van der Waals surface area contributed by atoms with Gasteiger partial charge in [0.2, 0.25) is 5.95 Å². The van der Waals surface area contributed by atoms with Crippen LogP contribution in [-0.2, 0) is 13.1 Å². The Balaban J connectivity index is 1.83. The monoisotopic (exact) mass is 294 g/mol. The fourth-order valence-electron chi connectivity index (χ4n) is 2.12. The van der Waals surface area contributed by atoms with E-state index in [-0.39, 0.29) is 5.02 Å². The molecular formula is C12H12ClFN6. The number of rotatable bonds is 4. The predicted molar refractivity (Wildman–Crippen MR) is 73.8 cm³/mol. The molecule has 3 aromatic rings. The fraction of sp³-hybridized carbons (Fsp3) is 0.250. The normalized spacial score (nSPS) is 11.3. The van der Waals surface area contributed by atoms with Crippen LogP contribution >= 0.6 is 11.6 Å². The van der Waals surface area contributed by atoms with Crippen LogP contribution in [0.2, 0.25) is 5.02 Å². The number of hydrogen-bond acceptors (Lipinski definition) is 4. The molecule has 104 valence electrons. The van der Waals surface area contributed by atoms with E-state index >= 15 is 0 Å². The van der Waals surface area contributed by atoms with E-state index in [4.69, 9.17) is 17.3 Å². The first-order valence-electron chi connectivity index (χ1n) is 6.10. The molecule has 0 fully saturated rings. The lowest BCUT2D eigenvalue weighted by Crippen LogP contribution is -2.07. The van der Waals surface area contributed by atoms with Gasteiger partial charge in [-0.2, -0.15) is 0 Å². The van der Waals surface area contributed by atoms with Gasteiger partial charge >= 0.3 is 0 Å². The van der Waals surface area contributed by atoms with Gasteiger partial charge in [-0.3, -0.25) is 4.68 Å². The number of hydrogen-bond donors (Lipinski definition) is 1. The van der Waals surface area contributed by atoms with E-state index in [1.165, 1.54) is 6.07 Å². The second-order valence-corrected chi connectivity index (χ2v) is 4.80. The van der Waals surface area contributed by atoms with Crippen LogP contribution in [0.4, 0.5) is 10.3 Å². The van der Waals surface area contributed by atoms with Crippen molar-refractivity contribution in [2.24, 2.45) is 0 Å². The molecule has 2 N–H and O–H groups in total. The number of aromatic nitrogens is 5. The van der Waals surface area contributed by atoms with E-state index in [1.54, 1.807) is 23.1 Å². The van der Waals surface area contributed by atoms with Crippen LogP contribution < -0.4 is 5.73 Å². The van der Waals surface area contributed by atoms with Crippen molar-refractivity contribution >= 4 is 28.6 Å². The molecule has 0 aliphatic rings. The van der Waals surface area contributed by atoms with Crippen LogP contribution in [0.1, 0.15) is 6.42 Å². The number of nitrogens with two attached hydrogens (primary N) is 1. The zero-order valence-corrected chi connectivity index (χ0v) is 11.3. The van der Waals surface area contributed by atoms with Crippen molar-refractivity contribution in [2.45, 2.75) is 19.5 Å². The minimum absolute atomic E-state index is 0.0647. The smallest absolute Gasteiger partial charge is 0.201 e. The molecule has 0 radical (unpaired) electrons. The maximum absolute atomic E-state index is 13.4. The summed E-state index contributed by atoms with van der Waals surface area (Å²) in [4.78, 5) is 4.14. The van der Waals surface area contributed by atoms with Gasteiger partial charge in [0.15, 0.2) is 0 Å². The van der Waals surface area contributed by atoms with Crippen molar-refractivity contribution in [2.75, 3.05) is 5.73 Å². The average molecular weight is 295 g/mol. The highest BCUT2D eigenvalue weighted by molar-refractivity contribution is 6.31. The average Bonchev–Trinajstić information content (AvgIpc) is 3.01. The Morgan fingerprint density at radius 3 is 2.90 bits per heavy atom. The summed E-state index contributed by atoms with van der Waals surface area (Å²) in [6.07, 6.45) is 4.22. The second-order valence-electron chi connectivity index (χ2n) is 4.40. The van der Waals surface area contributed by atoms with Crippen LogP contribution in [0.5, 0.6) is 0 Å². The summed E-state index contributed by atoms with van der Waals surface area (Å²) in [5, 5.41) is 7.69. The molecule has 0 unspecified atom stereocenters. The minimum atomic E-state index is -0.494. The van der Waals surface area contributed by atoms with Gasteiger partial charge in [-0.25, -0.2) is 9.37 Å². The molecule has 2 aromatic heterocycles. The highest BCUT2D eigenvalue weighted by Gasteiger charge is 2.11. The molecule has 3 rings (SSSR count). The summed E-state index contributed by atoms with van der Waals surface area (Å²) >= 11 is 5.80. The van der Waals surface area contributed by atoms with Gasteiger partial charge in [-0.15, -0.1) is 5.10 Å². The van der Waals surface area contributed by atoms with E-state index in [9.17, 15) is 4.39 Å². The van der Waals surface area contributed by atoms with Gasteiger partial charge < -0.3 is 10.3 Å². The lowest BCUT2D eigenvalue weighted by Gasteiger charge is -2.06. The van der Waals surface area contributed by atoms with Crippen molar-refractivity contribution in [3.05, 3.63) is 35.4 Å². The summed E-state index contributed by atoms with van der Waals surface area (Å²) < 4.78 is 16.9. The molecule has 0 amide bonds. The zero-order chi connectivity index (χ0) is 14.1. The molecule has 6 nitrogen and oxygen atoms in total. The Morgan fingerprint density at radius 1 is 1.30 bits per heavy atom. The summed E-state index contributed by atoms with van der Waals surface area (Å²) in [5.41, 5.74) is 7.10. The molecule has 0 bridgehead atoms. The molecule has 2 heterocycles. The third-order valence-electron chi connectivity index (χ3n) is 3.06. The van der Waals surface area contributed by atoms with E-state index < -0.39 is 5.82 Å². The van der Waals surface area contributed by atoms with Crippen molar-refractivity contribution in [3.8, 4) is 0 Å². The number of fused-ring (bicyclic) bond motifs is 1. The highest BCUT2D eigenvalue weighted by Crippen LogP contribution is 2.25. The molecular weight excluding hydrogens is 283 g/mol. The topological polar surface area (TPSA) is 74.5 Å². The minimum Gasteiger partial charge on any atom is -0.369 e. The van der Waals surface area contributed by atoms with Crippen LogP contribution in [0.15, 0.2) is 24.5 Å². The van der Waals surface area contributed by atoms with Gasteiger partial charge in [-0.05, 0) is 12.5 Å². The predicted octanol–water partition coefficient (Wildman–Crippen LogP) is 2.09. The van der Waals surface area contributed by atoms with Gasteiger partial charge in [0.1, 0.15) is 5.82 Å². The van der Waals surface area contributed by atoms with Crippen LogP contribution in [-0.4, -0.2) is 24.5 Å². The quantitative estimate of drug-likeness (QED) is 0.799. The van der Waals surface area contributed by atoms with Gasteiger partial charge in [0.25, 0.3) is 0 Å². The Bertz CT molecular complexity index is 736. The lowest BCUT2D eigenvalue weighted by molar-refractivity contribution is 0.521. The Morgan fingerprint density at radius 2 is 2.15 bits per heavy atom. The summed E-state index contributed by atoms with van der Waals surface area (Å²) in [5.74, 6) is -0.147. The second kappa shape index (κ2) is 5.09. The van der Waals surface area contributed by atoms with Gasteiger partial charge in [0.05, 0.1) is 22.3 Å². The van der Waals surface area contributed by atoms with E-state index in [0.717, 1.165) is 11.9 Å². The Hall–Kier alpha value is -2.15. The largest absolute Gasteiger partial charge is 0.369 e. The van der Waals surface area contributed by atoms with E-state index in [0.29, 0.717) is 24.6 Å². The fourth-order valence-corrected chi connectivity index (χ4v) is 2.27. The first-order chi connectivity index (χ1) is 9.65. The Kier molecular flexibility index (Phi) is 3.27. The lowest BCUT2D eigenvalue weighted by atomic mass is 10.3. The number of imidazole rings is 1. The maximum atomic E-state index is 13.4. The molecule has 0 aliphatic heterocycles. The third kappa shape index (κ3) is 2.32. The summed E-state index contributed by atoms with van der Waals surface area (Å²) in [6, 6.07) is 2.84. The molecule has 8 heteroatoms. The van der Waals surface area contributed by atoms with Gasteiger partial charge in [-0.1, -0.05) is 16.8 Å². The summed E-state index contributed by atoms with van der Waals surface area (Å²) in [7, 11) is 0. The number of aryl methyl sites for hydroxylation is 2. The van der Waals surface area contributed by atoms with Crippen LogP contribution in [0.3, 0.4) is 0 Å². The number of nitrogen functional groups attached to an aromatic ring is 1. The molecule has 0 atom stereocenters. The van der Waals surface area contributed by atoms with Gasteiger partial charge in [0, 0.05) is 25.4 Å². The molecule has 0 saturated carbocycles. The molecule has 0 aliphatic carbocycles. The van der Waals surface area contributed by atoms with Crippen molar-refractivity contribution in [1.82, 2.24) is 24.5 Å². The first-order valence-corrected chi connectivity index (χ1v) is 6.48. The number of nitrogens with zero attached hydrogens (tertiary/aromatic N) is 5. The van der Waals surface area contributed by atoms with Crippen molar-refractivity contribution in [1.29, 1.82) is 0 Å². The standard InChI is InChI=1S/C12H12ClFN6/c13-8-6-11-10(7-9(8)14)17-12(15)20(11)4-1-3-19-5-2-16-18-19/h2,5-7H,1,3-4H2,(H2,15,17). The molecule has 20 heavy (non-hydrogen) atoms. The third-order valence-corrected chi connectivity index (χ3v) is 3.35. The van der Waals surface area contributed by atoms with E-state index in [2.05, 4.69) is 15.3 Å². The van der Waals surface area contributed by atoms with E-state index in [1.807, 2.05) is 4.57 Å². The molecule has 0 saturated heterocycles. The number of anilines is 1. The van der Waals surface area contributed by atoms with Crippen LogP contribution in [0, 0.1) is 5.82 Å². The SMILES string of the molecule is Nc1nc2cc(F)c(Cl)cc2n1CCCn1ccnn1.